The molecule has 6 heteroatoms. The van der Waals surface area contributed by atoms with E-state index < -0.39 is 0 Å². The molecule has 1 heterocycles. The first-order valence-electron chi connectivity index (χ1n) is 7.58. The molecule has 1 aliphatic rings. The molecule has 1 N–H and O–H groups in total. The summed E-state index contributed by atoms with van der Waals surface area (Å²) < 4.78 is 11.0. The van der Waals surface area contributed by atoms with Gasteiger partial charge in [-0.2, -0.15) is 0 Å². The molecule has 0 aliphatic carbocycles. The monoisotopic (exact) mass is 361 g/mol. The molecule has 1 aliphatic heterocycles. The third-order valence-electron chi connectivity index (χ3n) is 3.72. The number of carbonyl (C=O) groups excluding carboxylic acids is 1. The molecule has 1 saturated heterocycles. The zero-order valence-electron chi connectivity index (χ0n) is 13.6. The van der Waals surface area contributed by atoms with Crippen LogP contribution in [0.4, 0.5) is 5.69 Å². The van der Waals surface area contributed by atoms with E-state index in [1.165, 1.54) is 17.1 Å². The number of hydrogen-bond donors (Lipinski definition) is 1. The van der Waals surface area contributed by atoms with Crippen molar-refractivity contribution in [1.82, 2.24) is 0 Å². The fourth-order valence-corrected chi connectivity index (χ4v) is 5.31. The molecule has 0 unspecified atom stereocenters. The Morgan fingerprint density at radius 2 is 1.75 bits per heavy atom. The van der Waals surface area contributed by atoms with Crippen LogP contribution in [-0.4, -0.2) is 31.6 Å². The standard InChI is InChI=1S/C18H19NO3S2/c1-21-14-7-8-16(22-2)15(11-14)19-17(20)12-3-5-13(6-4-12)18-23-9-10-24-18/h3-8,11,18H,9-10H2,1-2H3,(H,19,20). The second-order valence-corrected chi connectivity index (χ2v) is 7.94. The van der Waals surface area contributed by atoms with Gasteiger partial charge in [-0.15, -0.1) is 23.5 Å². The second kappa shape index (κ2) is 7.85. The molecule has 0 saturated carbocycles. The van der Waals surface area contributed by atoms with Crippen LogP contribution in [0.1, 0.15) is 20.5 Å². The van der Waals surface area contributed by atoms with E-state index in [0.717, 1.165) is 0 Å². The molecule has 0 spiro atoms. The SMILES string of the molecule is COc1ccc(OC)c(NC(=O)c2ccc(C3SCCS3)cc2)c1. The Hall–Kier alpha value is -1.79. The molecular formula is C18H19NO3S2. The van der Waals surface area contributed by atoms with Crippen molar-refractivity contribution < 1.29 is 14.3 Å². The quantitative estimate of drug-likeness (QED) is 0.853. The summed E-state index contributed by atoms with van der Waals surface area (Å²) in [6, 6.07) is 13.1. The highest BCUT2D eigenvalue weighted by molar-refractivity contribution is 8.19. The lowest BCUT2D eigenvalue weighted by Crippen LogP contribution is -2.12. The zero-order chi connectivity index (χ0) is 16.9. The van der Waals surface area contributed by atoms with Crippen molar-refractivity contribution in [1.29, 1.82) is 0 Å². The van der Waals surface area contributed by atoms with Crippen molar-refractivity contribution >= 4 is 35.1 Å². The van der Waals surface area contributed by atoms with Gasteiger partial charge in [0.2, 0.25) is 0 Å². The lowest BCUT2D eigenvalue weighted by molar-refractivity contribution is 0.102. The minimum atomic E-state index is -0.167. The van der Waals surface area contributed by atoms with E-state index in [0.29, 0.717) is 27.3 Å². The number of hydrogen-bond acceptors (Lipinski definition) is 5. The molecule has 1 amide bonds. The number of ether oxygens (including phenoxy) is 2. The van der Waals surface area contributed by atoms with Crippen molar-refractivity contribution in [3.8, 4) is 11.5 Å². The largest absolute Gasteiger partial charge is 0.497 e. The maximum atomic E-state index is 12.5. The topological polar surface area (TPSA) is 47.6 Å². The van der Waals surface area contributed by atoms with Gasteiger partial charge in [0, 0.05) is 23.1 Å². The molecule has 24 heavy (non-hydrogen) atoms. The summed E-state index contributed by atoms with van der Waals surface area (Å²) in [5.74, 6) is 3.47. The number of thioether (sulfide) groups is 2. The fourth-order valence-electron chi connectivity index (χ4n) is 2.45. The van der Waals surface area contributed by atoms with E-state index in [1.807, 2.05) is 47.8 Å². The third-order valence-corrected chi connectivity index (χ3v) is 6.83. The first-order chi connectivity index (χ1) is 11.7. The summed E-state index contributed by atoms with van der Waals surface area (Å²) in [6.45, 7) is 0. The first-order valence-corrected chi connectivity index (χ1v) is 9.67. The summed E-state index contributed by atoms with van der Waals surface area (Å²) in [7, 11) is 3.16. The minimum Gasteiger partial charge on any atom is -0.497 e. The van der Waals surface area contributed by atoms with Gasteiger partial charge in [-0.25, -0.2) is 0 Å². The van der Waals surface area contributed by atoms with Crippen LogP contribution >= 0.6 is 23.5 Å². The molecule has 126 valence electrons. The predicted molar refractivity (Wildman–Crippen MR) is 102 cm³/mol. The lowest BCUT2D eigenvalue weighted by Gasteiger charge is -2.12. The van der Waals surface area contributed by atoms with Crippen LogP contribution in [0.15, 0.2) is 42.5 Å². The average molecular weight is 361 g/mol. The van der Waals surface area contributed by atoms with Crippen LogP contribution in [0.5, 0.6) is 11.5 Å². The van der Waals surface area contributed by atoms with Gasteiger partial charge >= 0.3 is 0 Å². The minimum absolute atomic E-state index is 0.167. The van der Waals surface area contributed by atoms with Crippen molar-refractivity contribution in [2.45, 2.75) is 4.58 Å². The Morgan fingerprint density at radius 3 is 2.38 bits per heavy atom. The summed E-state index contributed by atoms with van der Waals surface area (Å²) in [4.78, 5) is 12.5. The van der Waals surface area contributed by atoms with Crippen LogP contribution in [0.25, 0.3) is 0 Å². The van der Waals surface area contributed by atoms with E-state index in [2.05, 4.69) is 5.32 Å². The Bertz CT molecular complexity index is 713. The highest BCUT2D eigenvalue weighted by atomic mass is 32.2. The highest BCUT2D eigenvalue weighted by Crippen LogP contribution is 2.45. The van der Waals surface area contributed by atoms with Crippen LogP contribution in [0.2, 0.25) is 0 Å². The van der Waals surface area contributed by atoms with Gasteiger partial charge in [0.15, 0.2) is 0 Å². The van der Waals surface area contributed by atoms with Crippen molar-refractivity contribution in [2.75, 3.05) is 31.0 Å². The molecule has 0 bridgehead atoms. The van der Waals surface area contributed by atoms with E-state index in [9.17, 15) is 4.79 Å². The molecule has 3 rings (SSSR count). The number of anilines is 1. The smallest absolute Gasteiger partial charge is 0.255 e. The lowest BCUT2D eigenvalue weighted by atomic mass is 10.1. The maximum absolute atomic E-state index is 12.5. The normalized spacial score (nSPS) is 14.4. The number of benzene rings is 2. The molecule has 2 aromatic carbocycles. The number of carbonyl (C=O) groups is 1. The third kappa shape index (κ3) is 3.82. The van der Waals surface area contributed by atoms with Crippen molar-refractivity contribution in [2.24, 2.45) is 0 Å². The van der Waals surface area contributed by atoms with Crippen LogP contribution < -0.4 is 14.8 Å². The summed E-state index contributed by atoms with van der Waals surface area (Å²) in [5, 5.41) is 2.89. The molecule has 2 aromatic rings. The molecule has 4 nitrogen and oxygen atoms in total. The van der Waals surface area contributed by atoms with E-state index >= 15 is 0 Å². The molecular weight excluding hydrogens is 342 g/mol. The fraction of sp³-hybridized carbons (Fsp3) is 0.278. The van der Waals surface area contributed by atoms with Crippen LogP contribution in [-0.2, 0) is 0 Å². The molecule has 0 aromatic heterocycles. The highest BCUT2D eigenvalue weighted by Gasteiger charge is 2.18. The average Bonchev–Trinajstić information content (AvgIpc) is 3.16. The van der Waals surface area contributed by atoms with E-state index in [-0.39, 0.29) is 5.91 Å². The van der Waals surface area contributed by atoms with Gasteiger partial charge in [-0.3, -0.25) is 4.79 Å². The Labute approximate surface area is 150 Å². The Morgan fingerprint density at radius 1 is 1.04 bits per heavy atom. The number of methoxy groups -OCH3 is 2. The van der Waals surface area contributed by atoms with Crippen LogP contribution in [0.3, 0.4) is 0 Å². The van der Waals surface area contributed by atoms with Crippen molar-refractivity contribution in [3.05, 3.63) is 53.6 Å². The van der Waals surface area contributed by atoms with Gasteiger partial charge in [-0.1, -0.05) is 12.1 Å². The van der Waals surface area contributed by atoms with Gasteiger partial charge in [-0.05, 0) is 29.8 Å². The Kier molecular flexibility index (Phi) is 5.58. The van der Waals surface area contributed by atoms with E-state index in [1.54, 1.807) is 32.4 Å². The van der Waals surface area contributed by atoms with Crippen molar-refractivity contribution in [3.63, 3.8) is 0 Å². The molecule has 1 fully saturated rings. The second-order valence-electron chi connectivity index (χ2n) is 5.22. The van der Waals surface area contributed by atoms with Gasteiger partial charge < -0.3 is 14.8 Å². The molecule has 0 radical (unpaired) electrons. The summed E-state index contributed by atoms with van der Waals surface area (Å²) in [6.07, 6.45) is 0. The van der Waals surface area contributed by atoms with Gasteiger partial charge in [0.25, 0.3) is 5.91 Å². The zero-order valence-corrected chi connectivity index (χ0v) is 15.2. The number of nitrogens with one attached hydrogen (secondary N) is 1. The first kappa shape index (κ1) is 17.0. The van der Waals surface area contributed by atoms with Gasteiger partial charge in [0.1, 0.15) is 11.5 Å². The molecule has 0 atom stereocenters. The van der Waals surface area contributed by atoms with Crippen LogP contribution in [0, 0.1) is 0 Å². The van der Waals surface area contributed by atoms with E-state index in [4.69, 9.17) is 9.47 Å². The summed E-state index contributed by atoms with van der Waals surface area (Å²) >= 11 is 3.91. The Balaban J connectivity index is 1.75. The number of rotatable bonds is 5. The maximum Gasteiger partial charge on any atom is 0.255 e. The number of amides is 1. The van der Waals surface area contributed by atoms with Gasteiger partial charge in [0.05, 0.1) is 24.5 Å². The summed E-state index contributed by atoms with van der Waals surface area (Å²) in [5.41, 5.74) is 2.47. The predicted octanol–water partition coefficient (Wildman–Crippen LogP) is 4.43.